The standard InChI is InChI=1S/C25H25N3O4S/c1-14-10-15(2)22(16(3)11-14)27-19(29)13-33-24-18(12-26)20(17-8-6-5-7-9-17)21(23(30)28-24)25(31)32-4/h5-11,20-21H,13H2,1-4H3,(H,27,29)(H,28,30)/t20-,21-/m1/s1. The van der Waals surface area contributed by atoms with Gasteiger partial charge >= 0.3 is 5.97 Å². The largest absolute Gasteiger partial charge is 0.468 e. The predicted octanol–water partition coefficient (Wildman–Crippen LogP) is 3.72. The van der Waals surface area contributed by atoms with Crippen molar-refractivity contribution in [1.29, 1.82) is 5.26 Å². The lowest BCUT2D eigenvalue weighted by Gasteiger charge is -2.30. The number of methoxy groups -OCH3 is 1. The Labute approximate surface area is 197 Å². The molecule has 0 bridgehead atoms. The maximum Gasteiger partial charge on any atom is 0.319 e. The van der Waals surface area contributed by atoms with Crippen molar-refractivity contribution in [2.24, 2.45) is 5.92 Å². The van der Waals surface area contributed by atoms with Crippen LogP contribution in [0.2, 0.25) is 0 Å². The van der Waals surface area contributed by atoms with E-state index in [9.17, 15) is 19.6 Å². The first-order valence-corrected chi connectivity index (χ1v) is 11.3. The number of hydrogen-bond acceptors (Lipinski definition) is 6. The first-order valence-electron chi connectivity index (χ1n) is 10.3. The number of aryl methyl sites for hydroxylation is 3. The van der Waals surface area contributed by atoms with Crippen molar-refractivity contribution in [1.82, 2.24) is 5.32 Å². The van der Waals surface area contributed by atoms with Crippen LogP contribution < -0.4 is 10.6 Å². The van der Waals surface area contributed by atoms with Gasteiger partial charge in [0.25, 0.3) is 0 Å². The Morgan fingerprint density at radius 3 is 2.36 bits per heavy atom. The summed E-state index contributed by atoms with van der Waals surface area (Å²) in [6.45, 7) is 5.85. The number of hydrogen-bond donors (Lipinski definition) is 2. The number of nitrogens with zero attached hydrogens (tertiary/aromatic N) is 1. The molecule has 2 amide bonds. The molecule has 2 aromatic carbocycles. The molecule has 8 heteroatoms. The van der Waals surface area contributed by atoms with Crippen LogP contribution >= 0.6 is 11.8 Å². The minimum Gasteiger partial charge on any atom is -0.468 e. The van der Waals surface area contributed by atoms with Crippen molar-refractivity contribution in [3.63, 3.8) is 0 Å². The molecule has 0 spiro atoms. The van der Waals surface area contributed by atoms with Crippen molar-refractivity contribution in [2.75, 3.05) is 18.2 Å². The quantitative estimate of drug-likeness (QED) is 0.499. The molecule has 3 rings (SSSR count). The molecule has 1 aliphatic heterocycles. The van der Waals surface area contributed by atoms with Gasteiger partial charge in [-0.25, -0.2) is 0 Å². The Morgan fingerprint density at radius 1 is 1.15 bits per heavy atom. The first kappa shape index (κ1) is 24.1. The zero-order valence-electron chi connectivity index (χ0n) is 18.9. The highest BCUT2D eigenvalue weighted by molar-refractivity contribution is 8.03. The monoisotopic (exact) mass is 463 g/mol. The average Bonchev–Trinajstić information content (AvgIpc) is 2.79. The second kappa shape index (κ2) is 10.4. The number of carbonyl (C=O) groups excluding carboxylic acids is 3. The summed E-state index contributed by atoms with van der Waals surface area (Å²) in [4.78, 5) is 37.9. The van der Waals surface area contributed by atoms with Gasteiger partial charge in [0.15, 0.2) is 0 Å². The van der Waals surface area contributed by atoms with Crippen LogP contribution in [0.5, 0.6) is 0 Å². The highest BCUT2D eigenvalue weighted by atomic mass is 32.2. The zero-order chi connectivity index (χ0) is 24.1. The molecule has 33 heavy (non-hydrogen) atoms. The van der Waals surface area contributed by atoms with Crippen molar-refractivity contribution in [2.45, 2.75) is 26.7 Å². The lowest BCUT2D eigenvalue weighted by molar-refractivity contribution is -0.150. The molecular formula is C25H25N3O4S. The third-order valence-electron chi connectivity index (χ3n) is 5.43. The van der Waals surface area contributed by atoms with E-state index in [-0.39, 0.29) is 22.3 Å². The van der Waals surface area contributed by atoms with Crippen LogP contribution in [0.1, 0.15) is 28.2 Å². The van der Waals surface area contributed by atoms with E-state index in [1.165, 1.54) is 7.11 Å². The Kier molecular flexibility index (Phi) is 7.56. The van der Waals surface area contributed by atoms with Crippen molar-refractivity contribution in [3.8, 4) is 6.07 Å². The molecule has 0 radical (unpaired) electrons. The maximum absolute atomic E-state index is 12.8. The zero-order valence-corrected chi connectivity index (χ0v) is 19.7. The number of allylic oxidation sites excluding steroid dienone is 1. The molecule has 0 aromatic heterocycles. The summed E-state index contributed by atoms with van der Waals surface area (Å²) in [6, 6.07) is 15.0. The smallest absolute Gasteiger partial charge is 0.319 e. The molecule has 2 aromatic rings. The van der Waals surface area contributed by atoms with Gasteiger partial charge in [-0.1, -0.05) is 59.8 Å². The number of amides is 2. The van der Waals surface area contributed by atoms with Gasteiger partial charge in [-0.05, 0) is 37.5 Å². The highest BCUT2D eigenvalue weighted by Gasteiger charge is 2.44. The Bertz CT molecular complexity index is 1140. The summed E-state index contributed by atoms with van der Waals surface area (Å²) in [5, 5.41) is 15.7. The molecule has 0 saturated heterocycles. The Morgan fingerprint density at radius 2 is 1.79 bits per heavy atom. The van der Waals surface area contributed by atoms with Gasteiger partial charge in [-0.2, -0.15) is 5.26 Å². The van der Waals surface area contributed by atoms with Gasteiger partial charge in [0.2, 0.25) is 11.8 Å². The number of benzene rings is 2. The first-order chi connectivity index (χ1) is 15.8. The summed E-state index contributed by atoms with van der Waals surface area (Å²) in [5.74, 6) is -3.56. The molecule has 2 atom stereocenters. The van der Waals surface area contributed by atoms with Crippen LogP contribution in [-0.2, 0) is 19.1 Å². The van der Waals surface area contributed by atoms with Crippen LogP contribution in [0, 0.1) is 38.0 Å². The number of esters is 1. The third kappa shape index (κ3) is 5.26. The van der Waals surface area contributed by atoms with Crippen molar-refractivity contribution >= 4 is 35.2 Å². The molecule has 0 fully saturated rings. The molecule has 0 unspecified atom stereocenters. The second-order valence-electron chi connectivity index (χ2n) is 7.84. The molecule has 0 aliphatic carbocycles. The van der Waals surface area contributed by atoms with Crippen LogP contribution in [0.15, 0.2) is 53.1 Å². The van der Waals surface area contributed by atoms with Gasteiger partial charge in [0.1, 0.15) is 5.92 Å². The van der Waals surface area contributed by atoms with E-state index in [1.807, 2.05) is 39.0 Å². The fraction of sp³-hybridized carbons (Fsp3) is 0.280. The number of carbonyl (C=O) groups is 3. The topological polar surface area (TPSA) is 108 Å². The number of anilines is 1. The molecule has 2 N–H and O–H groups in total. The molecule has 170 valence electrons. The summed E-state index contributed by atoms with van der Waals surface area (Å²) in [7, 11) is 1.21. The molecule has 1 aliphatic rings. The lowest BCUT2D eigenvalue weighted by Crippen LogP contribution is -2.44. The SMILES string of the molecule is COC(=O)[C@H]1C(=O)NC(SCC(=O)Nc2c(C)cc(C)cc2C)=C(C#N)[C@H]1c1ccccc1. The van der Waals surface area contributed by atoms with Gasteiger partial charge < -0.3 is 15.4 Å². The van der Waals surface area contributed by atoms with Gasteiger partial charge in [0, 0.05) is 11.6 Å². The normalized spacial score (nSPS) is 17.7. The van der Waals surface area contributed by atoms with Crippen LogP contribution in [0.25, 0.3) is 0 Å². The summed E-state index contributed by atoms with van der Waals surface area (Å²) in [5.41, 5.74) is 4.64. The maximum atomic E-state index is 12.8. The van der Waals surface area contributed by atoms with Crippen molar-refractivity contribution in [3.05, 3.63) is 75.3 Å². The van der Waals surface area contributed by atoms with Crippen molar-refractivity contribution < 1.29 is 19.1 Å². The van der Waals surface area contributed by atoms with Crippen LogP contribution in [0.3, 0.4) is 0 Å². The van der Waals surface area contributed by atoms with E-state index >= 15 is 0 Å². The number of nitriles is 1. The van der Waals surface area contributed by atoms with E-state index in [0.29, 0.717) is 5.56 Å². The lowest BCUT2D eigenvalue weighted by atomic mass is 9.78. The van der Waals surface area contributed by atoms with E-state index in [2.05, 4.69) is 16.7 Å². The summed E-state index contributed by atoms with van der Waals surface area (Å²) >= 11 is 1.06. The molecule has 1 heterocycles. The average molecular weight is 464 g/mol. The number of rotatable bonds is 6. The minimum absolute atomic E-state index is 0.0159. The molecular weight excluding hydrogens is 438 g/mol. The number of nitrogens with one attached hydrogen (secondary N) is 2. The third-order valence-corrected chi connectivity index (χ3v) is 6.45. The van der Waals surface area contributed by atoms with E-state index < -0.39 is 23.7 Å². The van der Waals surface area contributed by atoms with E-state index in [1.54, 1.807) is 24.3 Å². The molecule has 0 saturated carbocycles. The number of thioether (sulfide) groups is 1. The van der Waals surface area contributed by atoms with Gasteiger partial charge in [0.05, 0.1) is 29.5 Å². The highest BCUT2D eigenvalue weighted by Crippen LogP contribution is 2.40. The fourth-order valence-corrected chi connectivity index (χ4v) is 4.88. The molecule has 7 nitrogen and oxygen atoms in total. The predicted molar refractivity (Wildman–Crippen MR) is 127 cm³/mol. The summed E-state index contributed by atoms with van der Waals surface area (Å²) in [6.07, 6.45) is 0. The minimum atomic E-state index is -1.19. The summed E-state index contributed by atoms with van der Waals surface area (Å²) < 4.78 is 4.83. The Hall–Kier alpha value is -3.57. The van der Waals surface area contributed by atoms with E-state index in [0.717, 1.165) is 34.1 Å². The van der Waals surface area contributed by atoms with Gasteiger partial charge in [-0.15, -0.1) is 0 Å². The number of ether oxygens (including phenoxy) is 1. The van der Waals surface area contributed by atoms with E-state index in [4.69, 9.17) is 4.74 Å². The van der Waals surface area contributed by atoms with Crippen LogP contribution in [-0.4, -0.2) is 30.6 Å². The van der Waals surface area contributed by atoms with Gasteiger partial charge in [-0.3, -0.25) is 14.4 Å². The Balaban J connectivity index is 1.88. The second-order valence-corrected chi connectivity index (χ2v) is 8.83. The van der Waals surface area contributed by atoms with Crippen LogP contribution in [0.4, 0.5) is 5.69 Å². The fourth-order valence-electron chi connectivity index (χ4n) is 4.03.